The number of nitrogens with zero attached hydrogens (tertiary/aromatic N) is 3. The Kier molecular flexibility index (Phi) is 4.84. The highest BCUT2D eigenvalue weighted by molar-refractivity contribution is 7.99. The number of hydrogen-bond acceptors (Lipinski definition) is 6. The van der Waals surface area contributed by atoms with Crippen molar-refractivity contribution in [1.29, 1.82) is 0 Å². The van der Waals surface area contributed by atoms with Gasteiger partial charge < -0.3 is 4.90 Å². The van der Waals surface area contributed by atoms with Crippen LogP contribution in [0.5, 0.6) is 0 Å². The van der Waals surface area contributed by atoms with Gasteiger partial charge in [0.05, 0.1) is 22.5 Å². The summed E-state index contributed by atoms with van der Waals surface area (Å²) in [6.07, 6.45) is 0. The van der Waals surface area contributed by atoms with E-state index >= 15 is 0 Å². The molecule has 2 aromatic heterocycles. The highest BCUT2D eigenvalue weighted by atomic mass is 32.2. The molecule has 0 aliphatic carbocycles. The quantitative estimate of drug-likeness (QED) is 0.811. The number of H-pyrrole nitrogens is 2. The smallest absolute Gasteiger partial charge is 0.337 e. The molecule has 1 atom stereocenters. The van der Waals surface area contributed by atoms with E-state index in [2.05, 4.69) is 20.2 Å². The fourth-order valence-corrected chi connectivity index (χ4v) is 3.64. The fraction of sp³-hybridized carbons (Fsp3) is 0.500. The molecule has 0 aliphatic heterocycles. The van der Waals surface area contributed by atoms with Crippen molar-refractivity contribution in [2.24, 2.45) is 0 Å². The monoisotopic (exact) mass is 327 g/mol. The van der Waals surface area contributed by atoms with Gasteiger partial charge in [-0.2, -0.15) is 0 Å². The van der Waals surface area contributed by atoms with Crippen molar-refractivity contribution in [2.45, 2.75) is 32.0 Å². The molecule has 1 amide bonds. The molecule has 0 aromatic carbocycles. The van der Waals surface area contributed by atoms with E-state index in [1.54, 1.807) is 23.3 Å². The van der Waals surface area contributed by atoms with E-state index in [1.165, 1.54) is 11.8 Å². The summed E-state index contributed by atoms with van der Waals surface area (Å²) in [5, 5.41) is 7.44. The van der Waals surface area contributed by atoms with Crippen LogP contribution < -0.4 is 5.69 Å². The standard InChI is InChI=1S/C12H17N5O2S2/c1-6-10(21-8(3)13-6)7(2)17(4)9(18)5-20-12-14-11(19)15-16-12/h7H,5H2,1-4H3,(H2,14,15,16,19). The molecule has 2 N–H and O–H groups in total. The highest BCUT2D eigenvalue weighted by Gasteiger charge is 2.21. The van der Waals surface area contributed by atoms with Gasteiger partial charge in [-0.15, -0.1) is 16.4 Å². The molecule has 0 bridgehead atoms. The van der Waals surface area contributed by atoms with Gasteiger partial charge in [0, 0.05) is 11.9 Å². The first kappa shape index (κ1) is 15.8. The molecule has 0 spiro atoms. The first-order valence-electron chi connectivity index (χ1n) is 6.35. The molecule has 2 heterocycles. The summed E-state index contributed by atoms with van der Waals surface area (Å²) >= 11 is 2.81. The molecule has 9 heteroatoms. The lowest BCUT2D eigenvalue weighted by Crippen LogP contribution is -2.31. The molecule has 21 heavy (non-hydrogen) atoms. The largest absolute Gasteiger partial charge is 0.341 e. The Labute approximate surface area is 130 Å². The number of nitrogens with one attached hydrogen (secondary N) is 2. The van der Waals surface area contributed by atoms with Crippen molar-refractivity contribution in [2.75, 3.05) is 12.8 Å². The number of amides is 1. The summed E-state index contributed by atoms with van der Waals surface area (Å²) in [7, 11) is 1.77. The minimum absolute atomic E-state index is 0.0254. The summed E-state index contributed by atoms with van der Waals surface area (Å²) < 4.78 is 0. The number of rotatable bonds is 5. The van der Waals surface area contributed by atoms with E-state index in [9.17, 15) is 9.59 Å². The topological polar surface area (TPSA) is 94.7 Å². The maximum atomic E-state index is 12.2. The number of carbonyl (C=O) groups is 1. The predicted octanol–water partition coefficient (Wildman–Crippen LogP) is 1.48. The van der Waals surface area contributed by atoms with Crippen molar-refractivity contribution in [3.05, 3.63) is 26.1 Å². The molecule has 1 unspecified atom stereocenters. The van der Waals surface area contributed by atoms with Crippen LogP contribution in [0.1, 0.15) is 28.5 Å². The average Bonchev–Trinajstić information content (AvgIpc) is 3.00. The second-order valence-corrected chi connectivity index (χ2v) is 6.83. The van der Waals surface area contributed by atoms with Crippen LogP contribution in [0.3, 0.4) is 0 Å². The predicted molar refractivity (Wildman–Crippen MR) is 82.7 cm³/mol. The number of aromatic nitrogens is 4. The third kappa shape index (κ3) is 3.73. The number of thioether (sulfide) groups is 1. The molecule has 0 radical (unpaired) electrons. The summed E-state index contributed by atoms with van der Waals surface area (Å²) in [6, 6.07) is -0.0254. The molecular formula is C12H17N5O2S2. The Bertz CT molecular complexity index is 690. The van der Waals surface area contributed by atoms with Crippen LogP contribution in [0.4, 0.5) is 0 Å². The van der Waals surface area contributed by atoms with Gasteiger partial charge in [-0.05, 0) is 20.8 Å². The average molecular weight is 327 g/mol. The van der Waals surface area contributed by atoms with Crippen molar-refractivity contribution >= 4 is 29.0 Å². The van der Waals surface area contributed by atoms with Gasteiger partial charge in [0.15, 0.2) is 5.16 Å². The zero-order chi connectivity index (χ0) is 15.6. The van der Waals surface area contributed by atoms with Crippen LogP contribution in [-0.2, 0) is 4.79 Å². The summed E-state index contributed by atoms with van der Waals surface area (Å²) in [5.74, 6) is 0.195. The van der Waals surface area contributed by atoms with Gasteiger partial charge in [0.25, 0.3) is 0 Å². The molecular weight excluding hydrogens is 310 g/mol. The maximum Gasteiger partial charge on any atom is 0.341 e. The van der Waals surface area contributed by atoms with Crippen LogP contribution in [0.2, 0.25) is 0 Å². The summed E-state index contributed by atoms with van der Waals surface area (Å²) in [6.45, 7) is 5.90. The van der Waals surface area contributed by atoms with Gasteiger partial charge in [-0.3, -0.25) is 9.78 Å². The first-order chi connectivity index (χ1) is 9.88. The Morgan fingerprint density at radius 2 is 2.19 bits per heavy atom. The Morgan fingerprint density at radius 3 is 2.71 bits per heavy atom. The third-order valence-corrected chi connectivity index (χ3v) is 5.21. The van der Waals surface area contributed by atoms with Crippen LogP contribution >= 0.6 is 23.1 Å². The van der Waals surface area contributed by atoms with Crippen LogP contribution in [0.15, 0.2) is 9.95 Å². The second-order valence-electron chi connectivity index (χ2n) is 4.63. The van der Waals surface area contributed by atoms with Gasteiger partial charge in [0.2, 0.25) is 5.91 Å². The van der Waals surface area contributed by atoms with Crippen LogP contribution in [-0.4, -0.2) is 43.8 Å². The van der Waals surface area contributed by atoms with Gasteiger partial charge >= 0.3 is 5.69 Å². The van der Waals surface area contributed by atoms with Gasteiger partial charge in [-0.1, -0.05) is 11.8 Å². The maximum absolute atomic E-state index is 12.2. The normalized spacial score (nSPS) is 12.4. The van der Waals surface area contributed by atoms with E-state index < -0.39 is 0 Å². The fourth-order valence-electron chi connectivity index (χ4n) is 1.88. The van der Waals surface area contributed by atoms with Crippen molar-refractivity contribution < 1.29 is 4.79 Å². The lowest BCUT2D eigenvalue weighted by molar-refractivity contribution is -0.128. The van der Waals surface area contributed by atoms with E-state index in [-0.39, 0.29) is 23.4 Å². The highest BCUT2D eigenvalue weighted by Crippen LogP contribution is 2.28. The first-order valence-corrected chi connectivity index (χ1v) is 8.15. The van der Waals surface area contributed by atoms with Crippen molar-refractivity contribution in [3.8, 4) is 0 Å². The van der Waals surface area contributed by atoms with E-state index in [0.717, 1.165) is 15.6 Å². The Hall–Kier alpha value is -1.61. The number of hydrogen-bond donors (Lipinski definition) is 2. The third-order valence-electron chi connectivity index (χ3n) is 3.11. The lowest BCUT2D eigenvalue weighted by atomic mass is 10.2. The van der Waals surface area contributed by atoms with Crippen molar-refractivity contribution in [1.82, 2.24) is 25.1 Å². The van der Waals surface area contributed by atoms with E-state index in [0.29, 0.717) is 5.16 Å². The zero-order valence-electron chi connectivity index (χ0n) is 12.3. The van der Waals surface area contributed by atoms with E-state index in [4.69, 9.17) is 0 Å². The summed E-state index contributed by atoms with van der Waals surface area (Å²) in [4.78, 5) is 32.8. The molecule has 0 saturated heterocycles. The van der Waals surface area contributed by atoms with Crippen molar-refractivity contribution in [3.63, 3.8) is 0 Å². The molecule has 2 rings (SSSR count). The minimum Gasteiger partial charge on any atom is -0.337 e. The van der Waals surface area contributed by atoms with E-state index in [1.807, 2.05) is 20.8 Å². The molecule has 114 valence electrons. The summed E-state index contributed by atoms with van der Waals surface area (Å²) in [5.41, 5.74) is 0.594. The minimum atomic E-state index is -0.373. The SMILES string of the molecule is Cc1nc(C)c(C(C)N(C)C(=O)CSc2n[nH]c(=O)[nH]2)s1. The van der Waals surface area contributed by atoms with Crippen LogP contribution in [0.25, 0.3) is 0 Å². The molecule has 0 saturated carbocycles. The molecule has 2 aromatic rings. The molecule has 7 nitrogen and oxygen atoms in total. The second kappa shape index (κ2) is 6.44. The zero-order valence-corrected chi connectivity index (χ0v) is 13.9. The van der Waals surface area contributed by atoms with Crippen LogP contribution in [0, 0.1) is 13.8 Å². The van der Waals surface area contributed by atoms with Gasteiger partial charge in [-0.25, -0.2) is 14.9 Å². The number of thiazole rings is 1. The molecule has 0 fully saturated rings. The number of aryl methyl sites for hydroxylation is 2. The lowest BCUT2D eigenvalue weighted by Gasteiger charge is -2.24. The molecule has 0 aliphatic rings. The Morgan fingerprint density at radius 1 is 1.48 bits per heavy atom. The number of aromatic amines is 2. The Balaban J connectivity index is 1.98. The number of carbonyl (C=O) groups excluding carboxylic acids is 1. The van der Waals surface area contributed by atoms with Gasteiger partial charge in [0.1, 0.15) is 0 Å².